The maximum absolute atomic E-state index is 13.3. The zero-order chi connectivity index (χ0) is 21.3. The first-order valence-electron chi connectivity index (χ1n) is 11.1. The predicted molar refractivity (Wildman–Crippen MR) is 123 cm³/mol. The summed E-state index contributed by atoms with van der Waals surface area (Å²) in [6, 6.07) is 6.49. The van der Waals surface area contributed by atoms with Gasteiger partial charge in [-0.05, 0) is 88.1 Å². The normalized spacial score (nSPS) is 21.7. The van der Waals surface area contributed by atoms with Crippen LogP contribution in [0.15, 0.2) is 23.0 Å². The van der Waals surface area contributed by atoms with Crippen molar-refractivity contribution in [3.63, 3.8) is 0 Å². The SMILES string of the molecule is Cc1nn(C2CCC(CCC(=O)O)CC2)c(=O)n1-c1ccc2c(c1)CCN(C)CC2.Cl. The van der Waals surface area contributed by atoms with Gasteiger partial charge in [0.1, 0.15) is 5.82 Å². The number of benzene rings is 1. The van der Waals surface area contributed by atoms with Crippen molar-refractivity contribution in [1.82, 2.24) is 19.2 Å². The van der Waals surface area contributed by atoms with Gasteiger partial charge in [0.05, 0.1) is 11.7 Å². The molecule has 1 aromatic heterocycles. The van der Waals surface area contributed by atoms with E-state index in [1.807, 2.05) is 13.0 Å². The van der Waals surface area contributed by atoms with Crippen LogP contribution in [0.2, 0.25) is 0 Å². The third-order valence-corrected chi connectivity index (χ3v) is 6.87. The zero-order valence-corrected chi connectivity index (χ0v) is 19.2. The Morgan fingerprint density at radius 2 is 1.81 bits per heavy atom. The molecule has 0 spiro atoms. The van der Waals surface area contributed by atoms with E-state index in [-0.39, 0.29) is 30.6 Å². The molecule has 1 aliphatic heterocycles. The van der Waals surface area contributed by atoms with E-state index in [9.17, 15) is 9.59 Å². The number of aliphatic carboxylic acids is 1. The maximum Gasteiger partial charge on any atom is 0.350 e. The predicted octanol–water partition coefficient (Wildman–Crippen LogP) is 3.39. The average Bonchev–Trinajstić information content (AvgIpc) is 2.90. The van der Waals surface area contributed by atoms with E-state index in [2.05, 4.69) is 29.2 Å². The molecule has 31 heavy (non-hydrogen) atoms. The van der Waals surface area contributed by atoms with Crippen LogP contribution in [0.5, 0.6) is 0 Å². The number of nitrogens with zero attached hydrogens (tertiary/aromatic N) is 4. The molecule has 2 heterocycles. The van der Waals surface area contributed by atoms with Crippen LogP contribution in [0, 0.1) is 12.8 Å². The van der Waals surface area contributed by atoms with Gasteiger partial charge in [0, 0.05) is 19.5 Å². The lowest BCUT2D eigenvalue weighted by molar-refractivity contribution is -0.137. The first kappa shape index (κ1) is 23.5. The second-order valence-corrected chi connectivity index (χ2v) is 8.97. The summed E-state index contributed by atoms with van der Waals surface area (Å²) in [5.41, 5.74) is 3.55. The summed E-state index contributed by atoms with van der Waals surface area (Å²) in [7, 11) is 2.15. The molecule has 1 aromatic carbocycles. The van der Waals surface area contributed by atoms with Gasteiger partial charge >= 0.3 is 11.7 Å². The Labute approximate surface area is 189 Å². The molecule has 0 bridgehead atoms. The molecule has 0 atom stereocenters. The summed E-state index contributed by atoms with van der Waals surface area (Å²) >= 11 is 0. The Bertz CT molecular complexity index is 976. The smallest absolute Gasteiger partial charge is 0.350 e. The molecule has 2 aromatic rings. The second-order valence-electron chi connectivity index (χ2n) is 8.97. The second kappa shape index (κ2) is 10.0. The molecule has 1 N–H and O–H groups in total. The third kappa shape index (κ3) is 5.21. The molecule has 1 fully saturated rings. The topological polar surface area (TPSA) is 80.4 Å². The number of hydrogen-bond donors (Lipinski definition) is 1. The molecule has 8 heteroatoms. The largest absolute Gasteiger partial charge is 0.481 e. The zero-order valence-electron chi connectivity index (χ0n) is 18.4. The average molecular weight is 449 g/mol. The van der Waals surface area contributed by atoms with Crippen LogP contribution >= 0.6 is 12.4 Å². The number of aromatic nitrogens is 3. The Kier molecular flexibility index (Phi) is 7.59. The highest BCUT2D eigenvalue weighted by atomic mass is 35.5. The Hall–Kier alpha value is -2.12. The molecule has 7 nitrogen and oxygen atoms in total. The molecule has 0 unspecified atom stereocenters. The molecule has 2 aliphatic rings. The minimum absolute atomic E-state index is 0. The van der Waals surface area contributed by atoms with Crippen LogP contribution in [0.1, 0.15) is 61.5 Å². The minimum atomic E-state index is -0.727. The van der Waals surface area contributed by atoms with Crippen molar-refractivity contribution < 1.29 is 9.90 Å². The molecule has 170 valence electrons. The summed E-state index contributed by atoms with van der Waals surface area (Å²) < 4.78 is 3.41. The molecule has 0 saturated heterocycles. The number of likely N-dealkylation sites (N-methyl/N-ethyl adjacent to an activating group) is 1. The van der Waals surface area contributed by atoms with Crippen LogP contribution in [-0.4, -0.2) is 50.5 Å². The summed E-state index contributed by atoms with van der Waals surface area (Å²) in [5, 5.41) is 13.5. The number of aryl methyl sites for hydroxylation is 1. The molecular weight excluding hydrogens is 416 g/mol. The van der Waals surface area contributed by atoms with Crippen molar-refractivity contribution in [2.75, 3.05) is 20.1 Å². The number of fused-ring (bicyclic) bond motifs is 1. The fourth-order valence-corrected chi connectivity index (χ4v) is 4.99. The van der Waals surface area contributed by atoms with Gasteiger partial charge in [-0.15, -0.1) is 12.4 Å². The van der Waals surface area contributed by atoms with Gasteiger partial charge in [0.15, 0.2) is 0 Å². The molecular formula is C23H33ClN4O3. The van der Waals surface area contributed by atoms with E-state index < -0.39 is 5.97 Å². The van der Waals surface area contributed by atoms with Crippen molar-refractivity contribution in [3.05, 3.63) is 45.6 Å². The third-order valence-electron chi connectivity index (χ3n) is 6.87. The van der Waals surface area contributed by atoms with E-state index in [0.717, 1.165) is 69.5 Å². The molecule has 4 rings (SSSR count). The Balaban J connectivity index is 0.00000272. The van der Waals surface area contributed by atoms with Crippen LogP contribution in [0.25, 0.3) is 5.69 Å². The van der Waals surface area contributed by atoms with Crippen molar-refractivity contribution in [1.29, 1.82) is 0 Å². The number of carboxylic acid groups (broad SMARTS) is 1. The van der Waals surface area contributed by atoms with E-state index in [4.69, 9.17) is 5.11 Å². The lowest BCUT2D eigenvalue weighted by Crippen LogP contribution is -2.30. The lowest BCUT2D eigenvalue weighted by atomic mass is 9.83. The monoisotopic (exact) mass is 448 g/mol. The Morgan fingerprint density at radius 1 is 1.13 bits per heavy atom. The van der Waals surface area contributed by atoms with Gasteiger partial charge in [-0.2, -0.15) is 5.10 Å². The highest BCUT2D eigenvalue weighted by molar-refractivity contribution is 5.85. The minimum Gasteiger partial charge on any atom is -0.481 e. The molecule has 1 aliphatic carbocycles. The van der Waals surface area contributed by atoms with Crippen LogP contribution in [-0.2, 0) is 17.6 Å². The number of hydrogen-bond acceptors (Lipinski definition) is 4. The molecule has 1 saturated carbocycles. The highest BCUT2D eigenvalue weighted by Gasteiger charge is 2.26. The summed E-state index contributed by atoms with van der Waals surface area (Å²) in [6.07, 6.45) is 6.71. The number of carbonyl (C=O) groups is 1. The standard InChI is InChI=1S/C23H32N4O3.ClH/c1-16-24-27(20-7-3-17(4-8-20)5-10-22(28)29)23(30)26(16)21-9-6-18-11-13-25(2)14-12-19(18)15-21;/h6,9,15,17,20H,3-5,7-8,10-14H2,1-2H3,(H,28,29);1H. The van der Waals surface area contributed by atoms with E-state index >= 15 is 0 Å². The van der Waals surface area contributed by atoms with E-state index in [1.165, 1.54) is 11.1 Å². The van der Waals surface area contributed by atoms with E-state index in [1.54, 1.807) is 9.25 Å². The van der Waals surface area contributed by atoms with Gasteiger partial charge in [-0.1, -0.05) is 6.07 Å². The number of halogens is 1. The quantitative estimate of drug-likeness (QED) is 0.758. The highest BCUT2D eigenvalue weighted by Crippen LogP contribution is 2.33. The number of carboxylic acids is 1. The summed E-state index contributed by atoms with van der Waals surface area (Å²) in [4.78, 5) is 26.4. The lowest BCUT2D eigenvalue weighted by Gasteiger charge is -2.27. The first-order chi connectivity index (χ1) is 14.4. The maximum atomic E-state index is 13.3. The fourth-order valence-electron chi connectivity index (χ4n) is 4.99. The fraction of sp³-hybridized carbons (Fsp3) is 0.609. The van der Waals surface area contributed by atoms with E-state index in [0.29, 0.717) is 5.92 Å². The van der Waals surface area contributed by atoms with Crippen molar-refractivity contribution in [2.24, 2.45) is 5.92 Å². The van der Waals surface area contributed by atoms with Gasteiger partial charge in [-0.3, -0.25) is 4.79 Å². The van der Waals surface area contributed by atoms with Gasteiger partial charge in [0.2, 0.25) is 0 Å². The van der Waals surface area contributed by atoms with Crippen LogP contribution in [0.3, 0.4) is 0 Å². The Morgan fingerprint density at radius 3 is 2.48 bits per heavy atom. The summed E-state index contributed by atoms with van der Waals surface area (Å²) in [6.45, 7) is 4.00. The van der Waals surface area contributed by atoms with Crippen molar-refractivity contribution in [2.45, 2.75) is 64.3 Å². The first-order valence-corrected chi connectivity index (χ1v) is 11.1. The molecule has 0 radical (unpaired) electrons. The van der Waals surface area contributed by atoms with Crippen molar-refractivity contribution >= 4 is 18.4 Å². The van der Waals surface area contributed by atoms with Gasteiger partial charge in [0.25, 0.3) is 0 Å². The number of rotatable bonds is 5. The van der Waals surface area contributed by atoms with Gasteiger partial charge < -0.3 is 10.0 Å². The van der Waals surface area contributed by atoms with Crippen molar-refractivity contribution in [3.8, 4) is 5.69 Å². The van der Waals surface area contributed by atoms with Crippen LogP contribution in [0.4, 0.5) is 0 Å². The van der Waals surface area contributed by atoms with Gasteiger partial charge in [-0.25, -0.2) is 14.0 Å². The summed E-state index contributed by atoms with van der Waals surface area (Å²) in [5.74, 6) is 0.438. The molecule has 0 amide bonds. The van der Waals surface area contributed by atoms with Crippen LogP contribution < -0.4 is 5.69 Å².